The van der Waals surface area contributed by atoms with E-state index in [1.807, 2.05) is 0 Å². The second-order valence-electron chi connectivity index (χ2n) is 10.3. The van der Waals surface area contributed by atoms with Gasteiger partial charge in [-0.1, -0.05) is 48.0 Å². The SMILES string of the molecule is CC(C)(C)c1cc(-c2ccn(CCN3CCCCC3)n2)cc(C(C)(C)C)c1O. The van der Waals surface area contributed by atoms with Crippen LogP contribution < -0.4 is 0 Å². The quantitative estimate of drug-likeness (QED) is 0.775. The fourth-order valence-corrected chi connectivity index (χ4v) is 3.99. The van der Waals surface area contributed by atoms with Gasteiger partial charge in [0.1, 0.15) is 5.75 Å². The third kappa shape index (κ3) is 4.78. The first-order valence-corrected chi connectivity index (χ1v) is 10.7. The van der Waals surface area contributed by atoms with Gasteiger partial charge in [-0.15, -0.1) is 0 Å². The van der Waals surface area contributed by atoms with Crippen molar-refractivity contribution in [3.8, 4) is 17.0 Å². The van der Waals surface area contributed by atoms with Crippen LogP contribution in [-0.4, -0.2) is 39.4 Å². The van der Waals surface area contributed by atoms with Crippen LogP contribution in [0.25, 0.3) is 11.3 Å². The van der Waals surface area contributed by atoms with Gasteiger partial charge in [0.05, 0.1) is 12.2 Å². The van der Waals surface area contributed by atoms with Crippen molar-refractivity contribution >= 4 is 0 Å². The second kappa shape index (κ2) is 7.90. The molecule has 1 fully saturated rings. The highest BCUT2D eigenvalue weighted by atomic mass is 16.3. The standard InChI is InChI=1S/C24H37N3O/c1-23(2,3)19-16-18(17-20(22(19)28)24(4,5)6)21-10-13-27(25-21)15-14-26-11-8-7-9-12-26/h10,13,16-17,28H,7-9,11-12,14-15H2,1-6H3. The van der Waals surface area contributed by atoms with Gasteiger partial charge >= 0.3 is 0 Å². The number of rotatable bonds is 4. The molecule has 0 atom stereocenters. The molecule has 28 heavy (non-hydrogen) atoms. The summed E-state index contributed by atoms with van der Waals surface area (Å²) in [6.45, 7) is 17.3. The molecule has 1 aliphatic rings. The highest BCUT2D eigenvalue weighted by molar-refractivity contribution is 5.66. The summed E-state index contributed by atoms with van der Waals surface area (Å²) in [7, 11) is 0. The summed E-state index contributed by atoms with van der Waals surface area (Å²) in [5, 5.41) is 15.8. The summed E-state index contributed by atoms with van der Waals surface area (Å²) in [5.74, 6) is 0.424. The summed E-state index contributed by atoms with van der Waals surface area (Å²) in [5.41, 5.74) is 3.78. The van der Waals surface area contributed by atoms with Crippen molar-refractivity contribution in [3.63, 3.8) is 0 Å². The fourth-order valence-electron chi connectivity index (χ4n) is 3.99. The summed E-state index contributed by atoms with van der Waals surface area (Å²) >= 11 is 0. The summed E-state index contributed by atoms with van der Waals surface area (Å²) in [6, 6.07) is 6.32. The van der Waals surface area contributed by atoms with Crippen LogP contribution in [0.3, 0.4) is 0 Å². The van der Waals surface area contributed by atoms with E-state index in [9.17, 15) is 5.11 Å². The minimum absolute atomic E-state index is 0.128. The average Bonchev–Trinajstić information content (AvgIpc) is 3.08. The molecule has 0 radical (unpaired) electrons. The van der Waals surface area contributed by atoms with Gasteiger partial charge < -0.3 is 10.0 Å². The lowest BCUT2D eigenvalue weighted by Gasteiger charge is -2.28. The zero-order valence-corrected chi connectivity index (χ0v) is 18.5. The molecule has 4 heteroatoms. The molecule has 1 N–H and O–H groups in total. The Morgan fingerprint density at radius 1 is 0.893 bits per heavy atom. The normalized spacial score (nSPS) is 16.5. The monoisotopic (exact) mass is 383 g/mol. The molecule has 2 heterocycles. The van der Waals surface area contributed by atoms with Crippen molar-refractivity contribution in [1.82, 2.24) is 14.7 Å². The maximum absolute atomic E-state index is 10.9. The van der Waals surface area contributed by atoms with Gasteiger partial charge in [-0.05, 0) is 55.0 Å². The smallest absolute Gasteiger partial charge is 0.123 e. The average molecular weight is 384 g/mol. The largest absolute Gasteiger partial charge is 0.507 e. The first kappa shape index (κ1) is 20.9. The lowest BCUT2D eigenvalue weighted by atomic mass is 9.78. The highest BCUT2D eigenvalue weighted by Gasteiger charge is 2.27. The van der Waals surface area contributed by atoms with Crippen molar-refractivity contribution in [2.24, 2.45) is 0 Å². The van der Waals surface area contributed by atoms with E-state index in [0.29, 0.717) is 5.75 Å². The molecule has 1 aromatic carbocycles. The van der Waals surface area contributed by atoms with Crippen LogP contribution in [0.4, 0.5) is 0 Å². The minimum Gasteiger partial charge on any atom is -0.507 e. The molecule has 0 amide bonds. The molecule has 4 nitrogen and oxygen atoms in total. The zero-order valence-electron chi connectivity index (χ0n) is 18.5. The Morgan fingerprint density at radius 2 is 1.46 bits per heavy atom. The van der Waals surface area contributed by atoms with Crippen molar-refractivity contribution in [3.05, 3.63) is 35.5 Å². The van der Waals surface area contributed by atoms with Gasteiger partial charge in [-0.2, -0.15) is 5.10 Å². The van der Waals surface area contributed by atoms with E-state index in [2.05, 4.69) is 75.5 Å². The number of phenols is 1. The number of phenolic OH excluding ortho intramolecular Hbond substituents is 1. The Labute approximate surface area is 170 Å². The maximum atomic E-state index is 10.9. The first-order valence-electron chi connectivity index (χ1n) is 10.7. The Bertz CT molecular complexity index is 767. The molecule has 0 spiro atoms. The maximum Gasteiger partial charge on any atom is 0.123 e. The molecule has 1 aliphatic heterocycles. The Hall–Kier alpha value is -1.81. The van der Waals surface area contributed by atoms with Crippen molar-refractivity contribution in [2.75, 3.05) is 19.6 Å². The lowest BCUT2D eigenvalue weighted by molar-refractivity contribution is 0.218. The van der Waals surface area contributed by atoms with Gasteiger partial charge in [0, 0.05) is 29.4 Å². The fraction of sp³-hybridized carbons (Fsp3) is 0.625. The van der Waals surface area contributed by atoms with Crippen molar-refractivity contribution in [2.45, 2.75) is 78.2 Å². The molecule has 2 aromatic rings. The Kier molecular flexibility index (Phi) is 5.90. The molecule has 1 saturated heterocycles. The van der Waals surface area contributed by atoms with Crippen LogP contribution in [0, 0.1) is 0 Å². The number of piperidine rings is 1. The predicted octanol–water partition coefficient (Wildman–Crippen LogP) is 5.34. The van der Waals surface area contributed by atoms with Gasteiger partial charge in [0.25, 0.3) is 0 Å². The number of aromatic hydroxyl groups is 1. The minimum atomic E-state index is -0.128. The molecule has 0 aliphatic carbocycles. The van der Waals surface area contributed by atoms with Gasteiger partial charge in [0.2, 0.25) is 0 Å². The molecule has 3 rings (SSSR count). The van der Waals surface area contributed by atoms with Crippen LogP contribution >= 0.6 is 0 Å². The molecule has 0 bridgehead atoms. The topological polar surface area (TPSA) is 41.3 Å². The number of nitrogens with zero attached hydrogens (tertiary/aromatic N) is 3. The van der Waals surface area contributed by atoms with Gasteiger partial charge in [-0.25, -0.2) is 0 Å². The van der Waals surface area contributed by atoms with E-state index in [1.165, 1.54) is 32.4 Å². The van der Waals surface area contributed by atoms with Crippen molar-refractivity contribution < 1.29 is 5.11 Å². The number of aromatic nitrogens is 2. The van der Waals surface area contributed by atoms with E-state index in [-0.39, 0.29) is 10.8 Å². The molecule has 154 valence electrons. The van der Waals surface area contributed by atoms with Crippen LogP contribution in [0.2, 0.25) is 0 Å². The van der Waals surface area contributed by atoms with Gasteiger partial charge in [0.15, 0.2) is 0 Å². The molecule has 0 saturated carbocycles. The first-order chi connectivity index (χ1) is 13.1. The summed E-state index contributed by atoms with van der Waals surface area (Å²) < 4.78 is 2.06. The highest BCUT2D eigenvalue weighted by Crippen LogP contribution is 2.41. The Balaban J connectivity index is 1.87. The van der Waals surface area contributed by atoms with Crippen molar-refractivity contribution in [1.29, 1.82) is 0 Å². The summed E-state index contributed by atoms with van der Waals surface area (Å²) in [6.07, 6.45) is 6.10. The van der Waals surface area contributed by atoms with E-state index in [4.69, 9.17) is 5.10 Å². The van der Waals surface area contributed by atoms with Crippen LogP contribution in [0.5, 0.6) is 5.75 Å². The Morgan fingerprint density at radius 3 is 2.00 bits per heavy atom. The number of benzene rings is 1. The predicted molar refractivity (Wildman–Crippen MR) is 117 cm³/mol. The van der Waals surface area contributed by atoms with E-state index >= 15 is 0 Å². The van der Waals surface area contributed by atoms with Crippen LogP contribution in [-0.2, 0) is 17.4 Å². The van der Waals surface area contributed by atoms with E-state index in [0.717, 1.165) is 35.5 Å². The van der Waals surface area contributed by atoms with Crippen LogP contribution in [0.1, 0.15) is 71.9 Å². The van der Waals surface area contributed by atoms with Gasteiger partial charge in [-0.3, -0.25) is 4.68 Å². The molecule has 0 unspecified atom stereocenters. The lowest BCUT2D eigenvalue weighted by Crippen LogP contribution is -2.32. The number of hydrogen-bond acceptors (Lipinski definition) is 3. The molecular formula is C24H37N3O. The van der Waals surface area contributed by atoms with Crippen LogP contribution in [0.15, 0.2) is 24.4 Å². The third-order valence-corrected chi connectivity index (χ3v) is 5.76. The summed E-state index contributed by atoms with van der Waals surface area (Å²) in [4.78, 5) is 2.54. The molecule has 1 aromatic heterocycles. The second-order valence-corrected chi connectivity index (χ2v) is 10.3. The number of hydrogen-bond donors (Lipinski definition) is 1. The third-order valence-electron chi connectivity index (χ3n) is 5.76. The van der Waals surface area contributed by atoms with E-state index < -0.39 is 0 Å². The number of likely N-dealkylation sites (tertiary alicyclic amines) is 1. The van der Waals surface area contributed by atoms with E-state index in [1.54, 1.807) is 0 Å². The molecular weight excluding hydrogens is 346 g/mol. The zero-order chi connectivity index (χ0) is 20.5.